The molecular formula is C22H25F3N4O3S. The van der Waals surface area contributed by atoms with Crippen LogP contribution in [0.2, 0.25) is 0 Å². The molecule has 0 aromatic carbocycles. The van der Waals surface area contributed by atoms with Crippen molar-refractivity contribution in [2.24, 2.45) is 0 Å². The zero-order valence-corrected chi connectivity index (χ0v) is 19.4. The lowest BCUT2D eigenvalue weighted by molar-refractivity contribution is -0.116. The van der Waals surface area contributed by atoms with E-state index < -0.39 is 35.4 Å². The number of hydrogen-bond acceptors (Lipinski definition) is 6. The van der Waals surface area contributed by atoms with E-state index in [1.807, 2.05) is 0 Å². The second-order valence-electron chi connectivity index (χ2n) is 6.74. The molecule has 0 aliphatic heterocycles. The highest BCUT2D eigenvalue weighted by Crippen LogP contribution is 2.30. The van der Waals surface area contributed by atoms with E-state index in [-0.39, 0.29) is 16.3 Å². The van der Waals surface area contributed by atoms with Gasteiger partial charge in [0, 0.05) is 16.3 Å². The molecule has 3 N–H and O–H groups in total. The Morgan fingerprint density at radius 2 is 1.94 bits per heavy atom. The minimum atomic E-state index is -4.84. The van der Waals surface area contributed by atoms with Crippen molar-refractivity contribution in [3.63, 3.8) is 0 Å². The number of nitrogens with one attached hydrogen (secondary N) is 2. The number of carbonyl (C=O) groups excluding carboxylic acids is 2. The SMILES string of the molecule is C=C/C(O)=C(\C=C(/C)NC(=O)/C(=C/C)SC(=C)C(C)NC(=O)c1cc(C)ncn1)C(F)(F)F. The van der Waals surface area contributed by atoms with Crippen molar-refractivity contribution in [3.8, 4) is 0 Å². The highest BCUT2D eigenvalue weighted by Gasteiger charge is 2.35. The minimum absolute atomic E-state index is 0.147. The van der Waals surface area contributed by atoms with Gasteiger partial charge < -0.3 is 15.7 Å². The normalized spacial score (nSPS) is 14.2. The van der Waals surface area contributed by atoms with E-state index in [1.54, 1.807) is 20.8 Å². The fraction of sp³-hybridized carbons (Fsp3) is 0.273. The number of thioether (sulfide) groups is 1. The first-order chi connectivity index (χ1) is 15.3. The molecule has 0 saturated carbocycles. The molecule has 1 aromatic heterocycles. The van der Waals surface area contributed by atoms with E-state index in [0.29, 0.717) is 22.8 Å². The van der Waals surface area contributed by atoms with Crippen LogP contribution in [0, 0.1) is 6.92 Å². The number of aryl methyl sites for hydroxylation is 1. The predicted octanol–water partition coefficient (Wildman–Crippen LogP) is 4.63. The lowest BCUT2D eigenvalue weighted by atomic mass is 10.1. The smallest absolute Gasteiger partial charge is 0.420 e. The van der Waals surface area contributed by atoms with Gasteiger partial charge in [-0.2, -0.15) is 13.2 Å². The van der Waals surface area contributed by atoms with Crippen LogP contribution in [-0.2, 0) is 4.79 Å². The maximum Gasteiger partial charge on any atom is 0.420 e. The van der Waals surface area contributed by atoms with Crippen molar-refractivity contribution in [3.05, 3.63) is 82.0 Å². The fourth-order valence-corrected chi connectivity index (χ4v) is 3.08. The highest BCUT2D eigenvalue weighted by atomic mass is 32.2. The third-order valence-electron chi connectivity index (χ3n) is 4.04. The first-order valence-corrected chi connectivity index (χ1v) is 10.4. The molecule has 2 amide bonds. The van der Waals surface area contributed by atoms with E-state index in [0.717, 1.165) is 11.8 Å². The van der Waals surface area contributed by atoms with Gasteiger partial charge in [-0.1, -0.05) is 31.0 Å². The summed E-state index contributed by atoms with van der Waals surface area (Å²) in [4.78, 5) is 33.2. The summed E-state index contributed by atoms with van der Waals surface area (Å²) < 4.78 is 39.3. The fourth-order valence-electron chi connectivity index (χ4n) is 2.30. The molecule has 1 unspecified atom stereocenters. The summed E-state index contributed by atoms with van der Waals surface area (Å²) in [6.45, 7) is 13.2. The molecule has 178 valence electrons. The Morgan fingerprint density at radius 1 is 1.30 bits per heavy atom. The Hall–Kier alpha value is -3.34. The van der Waals surface area contributed by atoms with Gasteiger partial charge >= 0.3 is 6.18 Å². The molecule has 0 aliphatic rings. The van der Waals surface area contributed by atoms with Crippen LogP contribution in [0.4, 0.5) is 13.2 Å². The number of aromatic nitrogens is 2. The van der Waals surface area contributed by atoms with E-state index in [4.69, 9.17) is 0 Å². The molecule has 11 heteroatoms. The maximum absolute atomic E-state index is 13.1. The number of nitrogens with zero attached hydrogens (tertiary/aromatic N) is 2. The molecule has 7 nitrogen and oxygen atoms in total. The van der Waals surface area contributed by atoms with Crippen LogP contribution in [0.25, 0.3) is 0 Å². The van der Waals surface area contributed by atoms with Crippen molar-refractivity contribution in [2.45, 2.75) is 39.9 Å². The number of aliphatic hydroxyl groups excluding tert-OH is 1. The van der Waals surface area contributed by atoms with Crippen LogP contribution >= 0.6 is 11.8 Å². The van der Waals surface area contributed by atoms with Crippen molar-refractivity contribution >= 4 is 23.6 Å². The molecule has 0 radical (unpaired) electrons. The van der Waals surface area contributed by atoms with Gasteiger partial charge in [0.1, 0.15) is 17.8 Å². The average molecular weight is 483 g/mol. The van der Waals surface area contributed by atoms with Crippen LogP contribution in [0.1, 0.15) is 37.0 Å². The number of rotatable bonds is 9. The third-order valence-corrected chi connectivity index (χ3v) is 5.30. The number of carbonyl (C=O) groups is 2. The lowest BCUT2D eigenvalue weighted by Gasteiger charge is -2.17. The molecular weight excluding hydrogens is 457 g/mol. The Labute approximate surface area is 194 Å². The number of hydrogen-bond donors (Lipinski definition) is 3. The van der Waals surface area contributed by atoms with E-state index in [1.165, 1.54) is 25.4 Å². The summed E-state index contributed by atoms with van der Waals surface area (Å²) >= 11 is 0.959. The largest absolute Gasteiger partial charge is 0.507 e. The summed E-state index contributed by atoms with van der Waals surface area (Å²) in [5.74, 6) is -2.19. The molecule has 0 aliphatic carbocycles. The van der Waals surface area contributed by atoms with Crippen molar-refractivity contribution in [1.82, 2.24) is 20.6 Å². The van der Waals surface area contributed by atoms with Gasteiger partial charge in [-0.25, -0.2) is 9.97 Å². The third kappa shape index (κ3) is 8.60. The first kappa shape index (κ1) is 27.7. The molecule has 1 heterocycles. The lowest BCUT2D eigenvalue weighted by Crippen LogP contribution is -2.34. The molecule has 0 saturated heterocycles. The maximum atomic E-state index is 13.1. The highest BCUT2D eigenvalue weighted by molar-refractivity contribution is 8.07. The van der Waals surface area contributed by atoms with Crippen molar-refractivity contribution in [1.29, 1.82) is 0 Å². The summed E-state index contributed by atoms with van der Waals surface area (Å²) in [5, 5.41) is 14.5. The number of allylic oxidation sites excluding steroid dienone is 5. The Bertz CT molecular complexity index is 1030. The quantitative estimate of drug-likeness (QED) is 0.269. The number of aliphatic hydroxyl groups is 1. The summed E-state index contributed by atoms with van der Waals surface area (Å²) in [7, 11) is 0. The molecule has 0 fully saturated rings. The molecule has 1 rings (SSSR count). The second-order valence-corrected chi connectivity index (χ2v) is 7.91. The van der Waals surface area contributed by atoms with Gasteiger partial charge in [0.05, 0.1) is 16.5 Å². The van der Waals surface area contributed by atoms with Crippen LogP contribution in [0.3, 0.4) is 0 Å². The van der Waals surface area contributed by atoms with Crippen LogP contribution < -0.4 is 10.6 Å². The van der Waals surface area contributed by atoms with Crippen LogP contribution in [0.15, 0.2) is 70.6 Å². The van der Waals surface area contributed by atoms with Gasteiger partial charge in [-0.15, -0.1) is 0 Å². The van der Waals surface area contributed by atoms with E-state index >= 15 is 0 Å². The van der Waals surface area contributed by atoms with Crippen molar-refractivity contribution in [2.75, 3.05) is 0 Å². The molecule has 0 bridgehead atoms. The van der Waals surface area contributed by atoms with Gasteiger partial charge in [-0.3, -0.25) is 9.59 Å². The second kappa shape index (κ2) is 12.0. The first-order valence-electron chi connectivity index (χ1n) is 9.55. The number of amides is 2. The molecule has 33 heavy (non-hydrogen) atoms. The minimum Gasteiger partial charge on any atom is -0.507 e. The van der Waals surface area contributed by atoms with Crippen LogP contribution in [-0.4, -0.2) is 39.1 Å². The van der Waals surface area contributed by atoms with Crippen LogP contribution in [0.5, 0.6) is 0 Å². The summed E-state index contributed by atoms with van der Waals surface area (Å²) in [6.07, 6.45) is -0.849. The van der Waals surface area contributed by atoms with Gasteiger partial charge in [0.25, 0.3) is 11.8 Å². The van der Waals surface area contributed by atoms with Gasteiger partial charge in [-0.05, 0) is 45.9 Å². The number of alkyl halides is 3. The predicted molar refractivity (Wildman–Crippen MR) is 122 cm³/mol. The topological polar surface area (TPSA) is 104 Å². The van der Waals surface area contributed by atoms with E-state index in [9.17, 15) is 27.9 Å². The van der Waals surface area contributed by atoms with E-state index in [2.05, 4.69) is 33.8 Å². The molecule has 1 aromatic rings. The van der Waals surface area contributed by atoms with Gasteiger partial charge in [0.2, 0.25) is 0 Å². The zero-order valence-electron chi connectivity index (χ0n) is 18.6. The summed E-state index contributed by atoms with van der Waals surface area (Å²) in [5.41, 5.74) is -0.692. The average Bonchev–Trinajstić information content (AvgIpc) is 2.73. The molecule has 0 spiro atoms. The standard InChI is InChI=1S/C22H25F3N4O3S/c1-7-18(30)16(22(23,24)25)9-13(4)28-21(32)19(8-2)33-15(6)14(5)29-20(31)17-10-12(3)26-11-27-17/h7-11,14,30H,1,6H2,2-5H3,(H,28,32)(H,29,31)/b13-9+,18-16-,19-8-. The number of halogens is 3. The van der Waals surface area contributed by atoms with Gasteiger partial charge in [0.15, 0.2) is 0 Å². The Morgan fingerprint density at radius 3 is 2.45 bits per heavy atom. The van der Waals surface area contributed by atoms with Crippen molar-refractivity contribution < 1.29 is 27.9 Å². The molecule has 1 atom stereocenters. The monoisotopic (exact) mass is 482 g/mol. The zero-order chi connectivity index (χ0) is 25.3. The summed E-state index contributed by atoms with van der Waals surface area (Å²) in [6, 6.07) is 0.965. The Kier molecular flexibility index (Phi) is 10.1. The Balaban J connectivity index is 2.86.